The lowest BCUT2D eigenvalue weighted by atomic mass is 9.72. The molecule has 1 amide bonds. The van der Waals surface area contributed by atoms with Crippen molar-refractivity contribution in [3.63, 3.8) is 0 Å². The van der Waals surface area contributed by atoms with Gasteiger partial charge in [-0.3, -0.25) is 15.1 Å². The van der Waals surface area contributed by atoms with Crippen LogP contribution in [0, 0.1) is 5.92 Å². The monoisotopic (exact) mass is 339 g/mol. The van der Waals surface area contributed by atoms with Crippen LogP contribution >= 0.6 is 0 Å². The van der Waals surface area contributed by atoms with Crippen LogP contribution in [-0.2, 0) is 11.2 Å². The Kier molecular flexibility index (Phi) is 4.00. The molecule has 6 heteroatoms. The van der Waals surface area contributed by atoms with Crippen LogP contribution in [0.25, 0.3) is 10.9 Å². The van der Waals surface area contributed by atoms with Crippen molar-refractivity contribution in [2.45, 2.75) is 31.7 Å². The highest BCUT2D eigenvalue weighted by Crippen LogP contribution is 2.44. The lowest BCUT2D eigenvalue weighted by molar-refractivity contribution is -0.117. The number of nitrogens with one attached hydrogen (secondary N) is 2. The first kappa shape index (κ1) is 16.1. The Morgan fingerprint density at radius 1 is 1.48 bits per heavy atom. The normalized spacial score (nSPS) is 26.5. The summed E-state index contributed by atoms with van der Waals surface area (Å²) in [4.78, 5) is 21.3. The van der Waals surface area contributed by atoms with Crippen molar-refractivity contribution in [2.24, 2.45) is 16.6 Å². The van der Waals surface area contributed by atoms with E-state index in [1.807, 2.05) is 0 Å². The number of carbonyl (C=O) groups excluding carboxylic acids is 1. The third-order valence-corrected chi connectivity index (χ3v) is 5.64. The predicted molar refractivity (Wildman–Crippen MR) is 99.6 cm³/mol. The number of aromatic nitrogens is 1. The standard InChI is InChI=1S/C19H25N5O/c1-11(25)23-19(20)22-8-12-6-15-14-4-3-5-16-18(14)13(9-21-16)7-17(15)24(2)10-12/h3-5,9,12,15,17,21H,6-8,10H2,1-2H3,(H3,20,22,23,25)/t12-,15+,17+/m0/s1. The van der Waals surface area contributed by atoms with Crippen LogP contribution in [0.2, 0.25) is 0 Å². The van der Waals surface area contributed by atoms with Crippen LogP contribution in [-0.4, -0.2) is 47.9 Å². The Labute approximate surface area is 147 Å². The van der Waals surface area contributed by atoms with Crippen molar-refractivity contribution in [2.75, 3.05) is 20.1 Å². The van der Waals surface area contributed by atoms with Gasteiger partial charge in [0.2, 0.25) is 5.91 Å². The van der Waals surface area contributed by atoms with E-state index in [4.69, 9.17) is 5.73 Å². The van der Waals surface area contributed by atoms with Crippen molar-refractivity contribution in [3.05, 3.63) is 35.5 Å². The number of aromatic amines is 1. The van der Waals surface area contributed by atoms with Crippen molar-refractivity contribution in [1.82, 2.24) is 15.2 Å². The van der Waals surface area contributed by atoms with E-state index in [-0.39, 0.29) is 11.9 Å². The van der Waals surface area contributed by atoms with Gasteiger partial charge in [0.15, 0.2) is 5.96 Å². The zero-order valence-corrected chi connectivity index (χ0v) is 14.7. The molecule has 1 saturated heterocycles. The first-order valence-corrected chi connectivity index (χ1v) is 8.89. The van der Waals surface area contributed by atoms with Crippen molar-refractivity contribution in [1.29, 1.82) is 0 Å². The molecule has 0 saturated carbocycles. The molecule has 0 spiro atoms. The Balaban J connectivity index is 1.58. The van der Waals surface area contributed by atoms with Gasteiger partial charge in [0.05, 0.1) is 0 Å². The highest BCUT2D eigenvalue weighted by molar-refractivity contribution is 5.95. The number of carbonyl (C=O) groups is 1. The van der Waals surface area contributed by atoms with Gasteiger partial charge in [0, 0.05) is 49.1 Å². The topological polar surface area (TPSA) is 86.5 Å². The fourth-order valence-corrected chi connectivity index (χ4v) is 4.63. The third kappa shape index (κ3) is 2.91. The van der Waals surface area contributed by atoms with Crippen molar-refractivity contribution >= 4 is 22.8 Å². The molecule has 132 valence electrons. The molecule has 1 aromatic carbocycles. The molecule has 2 aromatic rings. The van der Waals surface area contributed by atoms with E-state index in [9.17, 15) is 4.79 Å². The predicted octanol–water partition coefficient (Wildman–Crippen LogP) is 1.58. The SMILES string of the molecule is CC(=O)NC(N)=NC[C@@H]1C[C@@H]2c3cccc4[nH]cc(c34)C[C@H]2N(C)C1. The smallest absolute Gasteiger partial charge is 0.223 e. The van der Waals surface area contributed by atoms with Gasteiger partial charge in [0.25, 0.3) is 0 Å². The van der Waals surface area contributed by atoms with E-state index in [0.717, 1.165) is 19.4 Å². The van der Waals surface area contributed by atoms with Gasteiger partial charge in [-0.2, -0.15) is 0 Å². The van der Waals surface area contributed by atoms with Crippen LogP contribution in [0.15, 0.2) is 29.4 Å². The summed E-state index contributed by atoms with van der Waals surface area (Å²) in [5, 5.41) is 3.96. The molecule has 1 aromatic heterocycles. The van der Waals surface area contributed by atoms with Crippen LogP contribution in [0.1, 0.15) is 30.4 Å². The summed E-state index contributed by atoms with van der Waals surface area (Å²) in [5.74, 6) is 0.999. The van der Waals surface area contributed by atoms with Crippen LogP contribution in [0.4, 0.5) is 0 Å². The first-order valence-electron chi connectivity index (χ1n) is 8.89. The van der Waals surface area contributed by atoms with Gasteiger partial charge < -0.3 is 15.6 Å². The number of hydrogen-bond donors (Lipinski definition) is 3. The summed E-state index contributed by atoms with van der Waals surface area (Å²) in [6, 6.07) is 7.13. The van der Waals surface area contributed by atoms with Crippen molar-refractivity contribution < 1.29 is 4.79 Å². The minimum Gasteiger partial charge on any atom is -0.370 e. The summed E-state index contributed by atoms with van der Waals surface area (Å²) in [6.07, 6.45) is 4.38. The zero-order valence-electron chi connectivity index (χ0n) is 14.7. The van der Waals surface area contributed by atoms with E-state index < -0.39 is 0 Å². The lowest BCUT2D eigenvalue weighted by Crippen LogP contribution is -2.48. The van der Waals surface area contributed by atoms with Gasteiger partial charge in [-0.1, -0.05) is 12.1 Å². The van der Waals surface area contributed by atoms with Crippen molar-refractivity contribution in [3.8, 4) is 0 Å². The first-order chi connectivity index (χ1) is 12.0. The number of rotatable bonds is 2. The average molecular weight is 339 g/mol. The summed E-state index contributed by atoms with van der Waals surface area (Å²) in [6.45, 7) is 3.10. The van der Waals surface area contributed by atoms with Gasteiger partial charge in [0.1, 0.15) is 0 Å². The third-order valence-electron chi connectivity index (χ3n) is 5.64. The molecule has 1 aliphatic carbocycles. The molecule has 6 nitrogen and oxygen atoms in total. The highest BCUT2D eigenvalue weighted by atomic mass is 16.1. The number of likely N-dealkylation sites (tertiary alicyclic amines) is 1. The molecular formula is C19H25N5O. The second-order valence-electron chi connectivity index (χ2n) is 7.41. The molecule has 2 aliphatic rings. The molecule has 0 radical (unpaired) electrons. The number of guanidine groups is 1. The number of H-pyrrole nitrogens is 1. The maximum Gasteiger partial charge on any atom is 0.223 e. The largest absolute Gasteiger partial charge is 0.370 e. The molecule has 0 bridgehead atoms. The van der Waals surface area contributed by atoms with Crippen LogP contribution < -0.4 is 11.1 Å². The maximum atomic E-state index is 11.1. The number of piperidine rings is 1. The number of benzene rings is 1. The fraction of sp³-hybridized carbons (Fsp3) is 0.474. The van der Waals surface area contributed by atoms with E-state index in [1.165, 1.54) is 29.0 Å². The molecule has 25 heavy (non-hydrogen) atoms. The molecule has 3 atom stereocenters. The van der Waals surface area contributed by atoms with E-state index in [0.29, 0.717) is 24.4 Å². The second kappa shape index (κ2) is 6.19. The number of nitrogens with zero attached hydrogens (tertiary/aromatic N) is 2. The molecule has 4 N–H and O–H groups in total. The van der Waals surface area contributed by atoms with E-state index in [1.54, 1.807) is 0 Å². The molecule has 1 fully saturated rings. The quantitative estimate of drug-likeness (QED) is 0.573. The minimum atomic E-state index is -0.180. The Bertz CT molecular complexity index is 839. The van der Waals surface area contributed by atoms with Gasteiger partial charge in [-0.05, 0) is 43.0 Å². The Morgan fingerprint density at radius 3 is 3.12 bits per heavy atom. The van der Waals surface area contributed by atoms with E-state index in [2.05, 4.69) is 51.6 Å². The zero-order chi connectivity index (χ0) is 17.6. The molecule has 1 aliphatic heterocycles. The number of amides is 1. The van der Waals surface area contributed by atoms with Crippen LogP contribution in [0.5, 0.6) is 0 Å². The summed E-state index contributed by atoms with van der Waals surface area (Å²) in [7, 11) is 2.21. The lowest BCUT2D eigenvalue weighted by Gasteiger charge is -2.45. The van der Waals surface area contributed by atoms with Crippen LogP contribution in [0.3, 0.4) is 0 Å². The summed E-state index contributed by atoms with van der Waals surface area (Å²) < 4.78 is 0. The molecule has 2 heterocycles. The Morgan fingerprint density at radius 2 is 2.32 bits per heavy atom. The molecular weight excluding hydrogens is 314 g/mol. The van der Waals surface area contributed by atoms with Gasteiger partial charge in [-0.25, -0.2) is 0 Å². The van der Waals surface area contributed by atoms with E-state index >= 15 is 0 Å². The maximum absolute atomic E-state index is 11.1. The summed E-state index contributed by atoms with van der Waals surface area (Å²) in [5.41, 5.74) is 9.90. The number of likely N-dealkylation sites (N-methyl/N-ethyl adjacent to an activating group) is 1. The Hall–Kier alpha value is -2.34. The van der Waals surface area contributed by atoms with Gasteiger partial charge >= 0.3 is 0 Å². The number of fused-ring (bicyclic) bond motifs is 2. The highest BCUT2D eigenvalue weighted by Gasteiger charge is 2.39. The number of nitrogens with two attached hydrogens (primary N) is 1. The van der Waals surface area contributed by atoms with Gasteiger partial charge in [-0.15, -0.1) is 0 Å². The minimum absolute atomic E-state index is 0.180. The number of hydrogen-bond acceptors (Lipinski definition) is 3. The fourth-order valence-electron chi connectivity index (χ4n) is 4.63. The molecule has 4 rings (SSSR count). The summed E-state index contributed by atoms with van der Waals surface area (Å²) >= 11 is 0. The second-order valence-corrected chi connectivity index (χ2v) is 7.41. The average Bonchev–Trinajstić information content (AvgIpc) is 2.98. The number of aliphatic imine (C=N–C) groups is 1. The molecule has 0 unspecified atom stereocenters.